The molecule has 1 aromatic rings. The second-order valence-corrected chi connectivity index (χ2v) is 3.12. The number of benzene rings is 1. The molecule has 0 saturated carbocycles. The van der Waals surface area contributed by atoms with Gasteiger partial charge in [0.15, 0.2) is 0 Å². The Morgan fingerprint density at radius 1 is 1.09 bits per heavy atom. The SMILES string of the molecule is C1=[SH]C=CC=1c1ccccc1. The first-order valence-electron chi connectivity index (χ1n) is 3.51. The van der Waals surface area contributed by atoms with E-state index >= 15 is 0 Å². The third-order valence-corrected chi connectivity index (χ3v) is 2.25. The molecule has 54 valence electrons. The standard InChI is InChI=1S/C10H8S/c1-2-4-9(5-3-1)10-6-7-11-8-10/h1-7,11H. The van der Waals surface area contributed by atoms with Gasteiger partial charge in [-0.3, -0.25) is 0 Å². The highest BCUT2D eigenvalue weighted by atomic mass is 32.1. The van der Waals surface area contributed by atoms with Gasteiger partial charge in [-0.1, -0.05) is 35.4 Å². The van der Waals surface area contributed by atoms with E-state index in [9.17, 15) is 0 Å². The van der Waals surface area contributed by atoms with Crippen LogP contribution in [-0.2, 0) is 0 Å². The number of rotatable bonds is 1. The minimum Gasteiger partial charge on any atom is -0.133 e. The highest BCUT2D eigenvalue weighted by molar-refractivity contribution is 8.00. The van der Waals surface area contributed by atoms with Crippen molar-refractivity contribution in [1.29, 1.82) is 0 Å². The fourth-order valence-corrected chi connectivity index (χ4v) is 1.68. The van der Waals surface area contributed by atoms with Gasteiger partial charge in [0, 0.05) is 5.57 Å². The maximum Gasteiger partial charge on any atom is 0.0303 e. The van der Waals surface area contributed by atoms with Gasteiger partial charge < -0.3 is 0 Å². The minimum atomic E-state index is 1.18. The lowest BCUT2D eigenvalue weighted by atomic mass is 10.1. The largest absolute Gasteiger partial charge is 0.133 e. The van der Waals surface area contributed by atoms with Crippen molar-refractivity contribution in [2.75, 3.05) is 0 Å². The normalized spacial score (nSPS) is 14.4. The molecule has 1 aliphatic rings. The molecule has 0 radical (unpaired) electrons. The zero-order valence-electron chi connectivity index (χ0n) is 5.99. The van der Waals surface area contributed by atoms with E-state index in [2.05, 4.69) is 28.6 Å². The van der Waals surface area contributed by atoms with Crippen LogP contribution in [0.4, 0.5) is 0 Å². The van der Waals surface area contributed by atoms with Crippen molar-refractivity contribution < 1.29 is 0 Å². The predicted molar refractivity (Wildman–Crippen MR) is 53.0 cm³/mol. The highest BCUT2D eigenvalue weighted by Crippen LogP contribution is 2.16. The number of allylic oxidation sites excluding steroid dienone is 2. The average Bonchev–Trinajstić information content (AvgIpc) is 2.58. The molecule has 0 saturated heterocycles. The molecule has 0 spiro atoms. The van der Waals surface area contributed by atoms with E-state index in [0.717, 1.165) is 0 Å². The van der Waals surface area contributed by atoms with Crippen molar-refractivity contribution in [2.24, 2.45) is 0 Å². The minimum absolute atomic E-state index is 1.18. The quantitative estimate of drug-likeness (QED) is 0.473. The van der Waals surface area contributed by atoms with Gasteiger partial charge in [-0.05, 0) is 17.0 Å². The van der Waals surface area contributed by atoms with Gasteiger partial charge in [0.05, 0.1) is 0 Å². The molecule has 0 aromatic heterocycles. The number of thiol groups is 1. The summed E-state index contributed by atoms with van der Waals surface area (Å²) in [7, 11) is 0. The summed E-state index contributed by atoms with van der Waals surface area (Å²) in [6, 6.07) is 10.3. The Kier molecular flexibility index (Phi) is 1.76. The molecule has 0 amide bonds. The molecular formula is C10H8S. The Hall–Kier alpha value is -1.04. The lowest BCUT2D eigenvalue weighted by Crippen LogP contribution is -1.76. The van der Waals surface area contributed by atoms with Crippen molar-refractivity contribution in [1.82, 2.24) is 0 Å². The van der Waals surface area contributed by atoms with E-state index in [4.69, 9.17) is 0 Å². The zero-order chi connectivity index (χ0) is 7.52. The van der Waals surface area contributed by atoms with Crippen LogP contribution in [0.3, 0.4) is 0 Å². The van der Waals surface area contributed by atoms with Crippen LogP contribution in [0.1, 0.15) is 5.56 Å². The average molecular weight is 160 g/mol. The van der Waals surface area contributed by atoms with Gasteiger partial charge in [-0.15, -0.1) is 11.4 Å². The van der Waals surface area contributed by atoms with Gasteiger partial charge in [-0.25, -0.2) is 0 Å². The lowest BCUT2D eigenvalue weighted by Gasteiger charge is -1.94. The van der Waals surface area contributed by atoms with Crippen LogP contribution in [0.15, 0.2) is 41.8 Å². The number of hydrogen-bond acceptors (Lipinski definition) is 0. The Balaban J connectivity index is 2.46. The lowest BCUT2D eigenvalue weighted by molar-refractivity contribution is 1.64. The van der Waals surface area contributed by atoms with E-state index < -0.39 is 0 Å². The van der Waals surface area contributed by atoms with E-state index in [1.807, 2.05) is 18.2 Å². The van der Waals surface area contributed by atoms with Crippen molar-refractivity contribution >= 4 is 21.9 Å². The molecule has 0 fully saturated rings. The summed E-state index contributed by atoms with van der Waals surface area (Å²) < 4.78 is 0. The van der Waals surface area contributed by atoms with Gasteiger partial charge >= 0.3 is 0 Å². The summed E-state index contributed by atoms with van der Waals surface area (Å²) in [6.07, 6.45) is 2.11. The Bertz CT molecular complexity index is 340. The van der Waals surface area contributed by atoms with Crippen LogP contribution in [0.25, 0.3) is 5.57 Å². The Labute approximate surface area is 69.8 Å². The molecule has 2 rings (SSSR count). The second kappa shape index (κ2) is 2.91. The molecule has 0 bridgehead atoms. The highest BCUT2D eigenvalue weighted by Gasteiger charge is 1.95. The van der Waals surface area contributed by atoms with E-state index in [-0.39, 0.29) is 0 Å². The third kappa shape index (κ3) is 1.35. The summed E-state index contributed by atoms with van der Waals surface area (Å²) in [4.78, 5) is 0. The van der Waals surface area contributed by atoms with Crippen LogP contribution in [0, 0.1) is 0 Å². The van der Waals surface area contributed by atoms with Crippen LogP contribution in [0.5, 0.6) is 0 Å². The molecule has 1 aliphatic heterocycles. The van der Waals surface area contributed by atoms with Crippen molar-refractivity contribution in [3.63, 3.8) is 0 Å². The van der Waals surface area contributed by atoms with E-state index in [0.29, 0.717) is 0 Å². The zero-order valence-corrected chi connectivity index (χ0v) is 6.88. The summed E-state index contributed by atoms with van der Waals surface area (Å²) >= 11 is 1.18. The third-order valence-electron chi connectivity index (χ3n) is 1.59. The van der Waals surface area contributed by atoms with Gasteiger partial charge in [0.2, 0.25) is 0 Å². The Morgan fingerprint density at radius 2 is 1.91 bits per heavy atom. The summed E-state index contributed by atoms with van der Waals surface area (Å²) in [5, 5.41) is 5.35. The fraction of sp³-hybridized carbons (Fsp3) is 0. The summed E-state index contributed by atoms with van der Waals surface area (Å²) in [5.74, 6) is 0. The topological polar surface area (TPSA) is 0 Å². The van der Waals surface area contributed by atoms with Crippen molar-refractivity contribution in [3.8, 4) is 0 Å². The van der Waals surface area contributed by atoms with Gasteiger partial charge in [-0.2, -0.15) is 0 Å². The summed E-state index contributed by atoms with van der Waals surface area (Å²) in [6.45, 7) is 0. The molecule has 0 atom stereocenters. The van der Waals surface area contributed by atoms with Gasteiger partial charge in [0.25, 0.3) is 0 Å². The first-order valence-corrected chi connectivity index (χ1v) is 4.48. The second-order valence-electron chi connectivity index (χ2n) is 2.34. The Morgan fingerprint density at radius 3 is 2.55 bits per heavy atom. The van der Waals surface area contributed by atoms with Gasteiger partial charge in [0.1, 0.15) is 0 Å². The van der Waals surface area contributed by atoms with E-state index in [1.165, 1.54) is 22.5 Å². The first kappa shape index (κ1) is 6.66. The van der Waals surface area contributed by atoms with E-state index in [1.54, 1.807) is 0 Å². The van der Waals surface area contributed by atoms with Crippen LogP contribution in [0.2, 0.25) is 0 Å². The first-order chi connectivity index (χ1) is 5.47. The van der Waals surface area contributed by atoms with Crippen LogP contribution in [-0.4, -0.2) is 5.02 Å². The smallest absolute Gasteiger partial charge is 0.0303 e. The maximum atomic E-state index is 3.25. The molecule has 1 heterocycles. The molecule has 0 aliphatic carbocycles. The molecule has 1 aromatic carbocycles. The molecule has 0 N–H and O–H groups in total. The maximum absolute atomic E-state index is 3.25. The number of hydrogen-bond donors (Lipinski definition) is 1. The van der Waals surface area contributed by atoms with Crippen LogP contribution >= 0.6 is 11.4 Å². The molecular weight excluding hydrogens is 152 g/mol. The fourth-order valence-electron chi connectivity index (χ4n) is 1.03. The predicted octanol–water partition coefficient (Wildman–Crippen LogP) is 2.46. The monoisotopic (exact) mass is 160 g/mol. The molecule has 11 heavy (non-hydrogen) atoms. The summed E-state index contributed by atoms with van der Waals surface area (Å²) in [5.41, 5.74) is 2.47. The molecule has 0 unspecified atom stereocenters. The molecule has 1 heteroatoms. The molecule has 0 nitrogen and oxygen atoms in total. The van der Waals surface area contributed by atoms with Crippen molar-refractivity contribution in [2.45, 2.75) is 0 Å². The van der Waals surface area contributed by atoms with Crippen molar-refractivity contribution in [3.05, 3.63) is 47.4 Å². The van der Waals surface area contributed by atoms with Crippen LogP contribution < -0.4 is 0 Å².